The van der Waals surface area contributed by atoms with Crippen LogP contribution in [-0.4, -0.2) is 11.6 Å². The smallest absolute Gasteiger partial charge is 0.341 e. The summed E-state index contributed by atoms with van der Waals surface area (Å²) in [4.78, 5) is 11.7. The van der Waals surface area contributed by atoms with Gasteiger partial charge in [0.25, 0.3) is 0 Å². The van der Waals surface area contributed by atoms with Crippen LogP contribution >= 0.6 is 23.2 Å². The molecular weight excluding hydrogens is 268 g/mol. The van der Waals surface area contributed by atoms with E-state index in [9.17, 15) is 9.18 Å². The minimum absolute atomic E-state index is 0.0114. The van der Waals surface area contributed by atoms with Gasteiger partial charge in [0, 0.05) is 0 Å². The summed E-state index contributed by atoms with van der Waals surface area (Å²) in [6, 6.07) is 1.10. The first-order valence-corrected chi connectivity index (χ1v) is 5.55. The van der Waals surface area contributed by atoms with Gasteiger partial charge in [-0.3, -0.25) is 0 Å². The Hall–Kier alpha value is -1.00. The molecule has 1 aromatic rings. The van der Waals surface area contributed by atoms with Crippen molar-refractivity contribution in [3.8, 4) is 0 Å². The fraction of sp³-hybridized carbons (Fsp3) is 0.364. The molecule has 0 aliphatic rings. The summed E-state index contributed by atoms with van der Waals surface area (Å²) in [6.45, 7) is 5.01. The van der Waals surface area contributed by atoms with Gasteiger partial charge >= 0.3 is 5.97 Å². The second-order valence-electron chi connectivity index (χ2n) is 4.45. The average molecular weight is 280 g/mol. The van der Waals surface area contributed by atoms with Gasteiger partial charge in [-0.2, -0.15) is 0 Å². The molecule has 0 aliphatic heterocycles. The number of ether oxygens (including phenoxy) is 1. The highest BCUT2D eigenvalue weighted by atomic mass is 35.5. The minimum atomic E-state index is -0.928. The lowest BCUT2D eigenvalue weighted by Crippen LogP contribution is -2.24. The highest BCUT2D eigenvalue weighted by Crippen LogP contribution is 2.33. The quantitative estimate of drug-likeness (QED) is 0.485. The van der Waals surface area contributed by atoms with E-state index in [2.05, 4.69) is 0 Å². The van der Waals surface area contributed by atoms with Crippen LogP contribution in [0.4, 0.5) is 10.1 Å². The van der Waals surface area contributed by atoms with Crippen molar-refractivity contribution in [3.63, 3.8) is 0 Å². The van der Waals surface area contributed by atoms with Gasteiger partial charge in [-0.05, 0) is 26.8 Å². The molecule has 0 fully saturated rings. The highest BCUT2D eigenvalue weighted by molar-refractivity contribution is 6.39. The number of nitrogen functional groups attached to an aromatic ring is 1. The number of carbonyl (C=O) groups excluding carboxylic acids is 1. The van der Waals surface area contributed by atoms with Gasteiger partial charge in [0.2, 0.25) is 0 Å². The lowest BCUT2D eigenvalue weighted by atomic mass is 10.1. The zero-order valence-electron chi connectivity index (χ0n) is 9.61. The molecule has 17 heavy (non-hydrogen) atoms. The molecule has 0 saturated heterocycles. The fourth-order valence-electron chi connectivity index (χ4n) is 1.09. The molecule has 2 N–H and O–H groups in total. The van der Waals surface area contributed by atoms with Gasteiger partial charge in [0.05, 0.1) is 16.3 Å². The SMILES string of the molecule is CC(C)(C)OC(=O)c1cc(Cl)c(N)c(Cl)c1F. The molecule has 0 aromatic heterocycles. The summed E-state index contributed by atoms with van der Waals surface area (Å²) in [6.07, 6.45) is 0. The van der Waals surface area contributed by atoms with Crippen LogP contribution in [0.3, 0.4) is 0 Å². The van der Waals surface area contributed by atoms with Crippen molar-refractivity contribution in [2.75, 3.05) is 5.73 Å². The predicted molar refractivity (Wildman–Crippen MR) is 66.0 cm³/mol. The lowest BCUT2D eigenvalue weighted by molar-refractivity contribution is 0.00648. The van der Waals surface area contributed by atoms with E-state index < -0.39 is 17.4 Å². The van der Waals surface area contributed by atoms with E-state index in [-0.39, 0.29) is 21.3 Å². The van der Waals surface area contributed by atoms with Crippen molar-refractivity contribution in [1.29, 1.82) is 0 Å². The van der Waals surface area contributed by atoms with Crippen LogP contribution in [0.15, 0.2) is 6.07 Å². The molecule has 0 atom stereocenters. The first-order valence-electron chi connectivity index (χ1n) is 4.80. The van der Waals surface area contributed by atoms with E-state index in [1.54, 1.807) is 20.8 Å². The maximum atomic E-state index is 13.7. The Morgan fingerprint density at radius 2 is 1.94 bits per heavy atom. The molecule has 0 amide bonds. The summed E-state index contributed by atoms with van der Waals surface area (Å²) < 4.78 is 18.7. The Kier molecular flexibility index (Phi) is 3.89. The number of hydrogen-bond donors (Lipinski definition) is 1. The first-order chi connectivity index (χ1) is 7.63. The van der Waals surface area contributed by atoms with Crippen molar-refractivity contribution in [2.45, 2.75) is 26.4 Å². The Morgan fingerprint density at radius 3 is 2.41 bits per heavy atom. The Bertz CT molecular complexity index is 470. The van der Waals surface area contributed by atoms with Gasteiger partial charge in [-0.25, -0.2) is 9.18 Å². The monoisotopic (exact) mass is 279 g/mol. The average Bonchev–Trinajstić information content (AvgIpc) is 2.17. The summed E-state index contributed by atoms with van der Waals surface area (Å²) in [5.41, 5.74) is 4.26. The molecule has 0 spiro atoms. The zero-order chi connectivity index (χ0) is 13.4. The van der Waals surface area contributed by atoms with Gasteiger partial charge in [-0.1, -0.05) is 23.2 Å². The van der Waals surface area contributed by atoms with Gasteiger partial charge < -0.3 is 10.5 Å². The Balaban J connectivity index is 3.20. The van der Waals surface area contributed by atoms with Crippen molar-refractivity contribution < 1.29 is 13.9 Å². The molecule has 0 unspecified atom stereocenters. The van der Waals surface area contributed by atoms with Crippen LogP contribution in [0.25, 0.3) is 0 Å². The third-order valence-corrected chi connectivity index (χ3v) is 2.50. The van der Waals surface area contributed by atoms with Crippen LogP contribution in [0.2, 0.25) is 10.0 Å². The van der Waals surface area contributed by atoms with E-state index >= 15 is 0 Å². The number of esters is 1. The second-order valence-corrected chi connectivity index (χ2v) is 5.23. The molecule has 0 heterocycles. The predicted octanol–water partition coefficient (Wildman–Crippen LogP) is 3.67. The maximum absolute atomic E-state index is 13.7. The van der Waals surface area contributed by atoms with Crippen LogP contribution in [0.1, 0.15) is 31.1 Å². The van der Waals surface area contributed by atoms with E-state index in [1.165, 1.54) is 0 Å². The van der Waals surface area contributed by atoms with Crippen molar-refractivity contribution in [3.05, 3.63) is 27.5 Å². The highest BCUT2D eigenvalue weighted by Gasteiger charge is 2.24. The number of rotatable bonds is 1. The summed E-state index contributed by atoms with van der Waals surface area (Å²) in [5.74, 6) is -1.76. The van der Waals surface area contributed by atoms with Crippen molar-refractivity contribution in [1.82, 2.24) is 0 Å². The third-order valence-electron chi connectivity index (χ3n) is 1.81. The third kappa shape index (κ3) is 3.23. The number of benzene rings is 1. The number of hydrogen-bond acceptors (Lipinski definition) is 3. The maximum Gasteiger partial charge on any atom is 0.341 e. The van der Waals surface area contributed by atoms with E-state index in [1.807, 2.05) is 0 Å². The van der Waals surface area contributed by atoms with Crippen LogP contribution in [0, 0.1) is 5.82 Å². The number of anilines is 1. The first kappa shape index (κ1) is 14.1. The molecule has 0 bridgehead atoms. The van der Waals surface area contributed by atoms with Crippen LogP contribution in [0.5, 0.6) is 0 Å². The van der Waals surface area contributed by atoms with E-state index in [0.29, 0.717) is 0 Å². The van der Waals surface area contributed by atoms with Crippen molar-refractivity contribution in [2.24, 2.45) is 0 Å². The van der Waals surface area contributed by atoms with E-state index in [4.69, 9.17) is 33.7 Å². The summed E-state index contributed by atoms with van der Waals surface area (Å²) >= 11 is 11.3. The van der Waals surface area contributed by atoms with Crippen LogP contribution < -0.4 is 5.73 Å². The molecule has 0 aliphatic carbocycles. The summed E-state index contributed by atoms with van der Waals surface area (Å²) in [7, 11) is 0. The molecule has 6 heteroatoms. The van der Waals surface area contributed by atoms with Gasteiger partial charge in [0.15, 0.2) is 5.82 Å². The summed E-state index contributed by atoms with van der Waals surface area (Å²) in [5, 5.41) is -0.365. The number of nitrogens with two attached hydrogens (primary N) is 1. The normalized spacial score (nSPS) is 11.4. The van der Waals surface area contributed by atoms with Gasteiger partial charge in [-0.15, -0.1) is 0 Å². The second kappa shape index (κ2) is 4.70. The number of halogens is 3. The largest absolute Gasteiger partial charge is 0.456 e. The molecule has 0 radical (unpaired) electrons. The molecule has 94 valence electrons. The zero-order valence-corrected chi connectivity index (χ0v) is 11.1. The molecule has 0 saturated carbocycles. The molecule has 1 aromatic carbocycles. The fourth-order valence-corrected chi connectivity index (χ4v) is 1.55. The molecule has 3 nitrogen and oxygen atoms in total. The topological polar surface area (TPSA) is 52.3 Å². The van der Waals surface area contributed by atoms with E-state index in [0.717, 1.165) is 6.07 Å². The molecular formula is C11H12Cl2FNO2. The minimum Gasteiger partial charge on any atom is -0.456 e. The standard InChI is InChI=1S/C11H12Cl2FNO2/c1-11(2,3)17-10(16)5-4-6(12)9(15)7(13)8(5)14/h4H,15H2,1-3H3. The Morgan fingerprint density at radius 1 is 1.41 bits per heavy atom. The Labute approximate surface area is 109 Å². The number of carbonyl (C=O) groups is 1. The van der Waals surface area contributed by atoms with Crippen LogP contribution in [-0.2, 0) is 4.74 Å². The lowest BCUT2D eigenvalue weighted by Gasteiger charge is -2.20. The van der Waals surface area contributed by atoms with Gasteiger partial charge in [0.1, 0.15) is 10.6 Å². The molecule has 1 rings (SSSR count). The van der Waals surface area contributed by atoms with Crippen molar-refractivity contribution >= 4 is 34.9 Å².